The van der Waals surface area contributed by atoms with Crippen LogP contribution in [0.3, 0.4) is 0 Å². The second-order valence-corrected chi connectivity index (χ2v) is 8.15. The van der Waals surface area contributed by atoms with Gasteiger partial charge in [0.05, 0.1) is 0 Å². The van der Waals surface area contributed by atoms with Gasteiger partial charge in [-0.3, -0.25) is 4.79 Å². The predicted octanol–water partition coefficient (Wildman–Crippen LogP) is 4.93. The van der Waals surface area contributed by atoms with Gasteiger partial charge in [-0.15, -0.1) is 5.10 Å². The van der Waals surface area contributed by atoms with E-state index in [0.29, 0.717) is 36.9 Å². The summed E-state index contributed by atoms with van der Waals surface area (Å²) in [5.74, 6) is 1.74. The molecule has 2 aromatic carbocycles. The molecule has 0 unspecified atom stereocenters. The zero-order chi connectivity index (χ0) is 20.0. The van der Waals surface area contributed by atoms with Gasteiger partial charge in [0.15, 0.2) is 5.82 Å². The molecule has 3 heterocycles. The second kappa shape index (κ2) is 7.15. The lowest BCUT2D eigenvalue weighted by atomic mass is 10.2. The van der Waals surface area contributed by atoms with Crippen LogP contribution in [0.4, 0.5) is 0 Å². The molecule has 142 valence electrons. The Balaban J connectivity index is 1.52. The van der Waals surface area contributed by atoms with E-state index in [2.05, 4.69) is 10.1 Å². The Morgan fingerprint density at radius 2 is 1.79 bits per heavy atom. The van der Waals surface area contributed by atoms with E-state index in [-0.39, 0.29) is 5.56 Å². The van der Waals surface area contributed by atoms with Gasteiger partial charge in [-0.2, -0.15) is 9.50 Å². The average Bonchev–Trinajstić information content (AvgIpc) is 3.41. The van der Waals surface area contributed by atoms with E-state index in [1.54, 1.807) is 30.3 Å². The lowest BCUT2D eigenvalue weighted by Gasteiger charge is -1.96. The van der Waals surface area contributed by atoms with Crippen LogP contribution in [-0.4, -0.2) is 14.6 Å². The largest absolute Gasteiger partial charge is 0.457 e. The summed E-state index contributed by atoms with van der Waals surface area (Å²) in [6, 6.07) is 18.2. The molecule has 29 heavy (non-hydrogen) atoms. The van der Waals surface area contributed by atoms with E-state index in [9.17, 15) is 4.79 Å². The average molecular weight is 440 g/mol. The van der Waals surface area contributed by atoms with Crippen LogP contribution in [-0.2, 0) is 0 Å². The van der Waals surface area contributed by atoms with Gasteiger partial charge in [0, 0.05) is 27.2 Å². The Morgan fingerprint density at radius 3 is 2.55 bits per heavy atom. The lowest BCUT2D eigenvalue weighted by molar-refractivity contribution is 0.571. The molecule has 5 rings (SSSR count). The highest BCUT2D eigenvalue weighted by Gasteiger charge is 2.13. The number of hydrogen-bond acceptors (Lipinski definition) is 5. The molecule has 5 aromatic rings. The highest BCUT2D eigenvalue weighted by atomic mass is 35.5. The Kier molecular flexibility index (Phi) is 4.47. The van der Waals surface area contributed by atoms with Gasteiger partial charge in [0.25, 0.3) is 5.56 Å². The van der Waals surface area contributed by atoms with Gasteiger partial charge < -0.3 is 4.42 Å². The molecule has 0 fully saturated rings. The van der Waals surface area contributed by atoms with Gasteiger partial charge in [0.2, 0.25) is 4.96 Å². The van der Waals surface area contributed by atoms with Crippen molar-refractivity contribution in [3.63, 3.8) is 0 Å². The first kappa shape index (κ1) is 18.1. The summed E-state index contributed by atoms with van der Waals surface area (Å²) in [5, 5.41) is 5.58. The van der Waals surface area contributed by atoms with Crippen LogP contribution in [0.25, 0.3) is 33.7 Å². The second-order valence-electron chi connectivity index (χ2n) is 6.26. The minimum Gasteiger partial charge on any atom is -0.457 e. The van der Waals surface area contributed by atoms with E-state index in [4.69, 9.17) is 27.6 Å². The molecule has 0 saturated carbocycles. The van der Waals surface area contributed by atoms with Gasteiger partial charge in [-0.25, -0.2) is 0 Å². The molecule has 0 spiro atoms. The Labute approximate surface area is 178 Å². The number of thiazole rings is 1. The van der Waals surface area contributed by atoms with Crippen molar-refractivity contribution in [2.75, 3.05) is 0 Å². The first-order valence-electron chi connectivity index (χ1n) is 8.60. The van der Waals surface area contributed by atoms with Gasteiger partial charge >= 0.3 is 0 Å². The van der Waals surface area contributed by atoms with E-state index in [1.807, 2.05) is 36.4 Å². The van der Waals surface area contributed by atoms with E-state index in [1.165, 1.54) is 15.9 Å². The third-order valence-corrected chi connectivity index (χ3v) is 5.74. The van der Waals surface area contributed by atoms with Gasteiger partial charge in [0.1, 0.15) is 16.1 Å². The van der Waals surface area contributed by atoms with Crippen molar-refractivity contribution in [1.82, 2.24) is 14.6 Å². The van der Waals surface area contributed by atoms with Crippen LogP contribution in [0.2, 0.25) is 10.0 Å². The van der Waals surface area contributed by atoms with Gasteiger partial charge in [-0.1, -0.05) is 46.7 Å². The molecule has 0 amide bonds. The molecule has 0 atom stereocenters. The van der Waals surface area contributed by atoms with E-state index < -0.39 is 0 Å². The molecule has 0 radical (unpaired) electrons. The fraction of sp³-hybridized carbons (Fsp3) is 0. The quantitative estimate of drug-likeness (QED) is 0.399. The molecular formula is C21H11Cl2N3O2S. The SMILES string of the molecule is O=c1/c(=C/c2ccc(-c3ccc(Cl)cc3)o2)sc2nc(-c3cccc(Cl)c3)nn12. The number of nitrogens with zero attached hydrogens (tertiary/aromatic N) is 3. The zero-order valence-corrected chi connectivity index (χ0v) is 17.0. The Morgan fingerprint density at radius 1 is 0.966 bits per heavy atom. The van der Waals surface area contributed by atoms with Crippen LogP contribution in [0.5, 0.6) is 0 Å². The summed E-state index contributed by atoms with van der Waals surface area (Å²) in [5.41, 5.74) is 1.43. The Hall–Kier alpha value is -2.93. The summed E-state index contributed by atoms with van der Waals surface area (Å²) in [6.07, 6.45) is 1.70. The summed E-state index contributed by atoms with van der Waals surface area (Å²) in [4.78, 5) is 17.7. The van der Waals surface area contributed by atoms with Crippen molar-refractivity contribution in [2.45, 2.75) is 0 Å². The van der Waals surface area contributed by atoms with Crippen LogP contribution in [0.1, 0.15) is 5.76 Å². The first-order chi connectivity index (χ1) is 14.1. The molecule has 3 aromatic heterocycles. The fourth-order valence-electron chi connectivity index (χ4n) is 2.91. The highest BCUT2D eigenvalue weighted by Crippen LogP contribution is 2.24. The van der Waals surface area contributed by atoms with Crippen LogP contribution >= 0.6 is 34.5 Å². The topological polar surface area (TPSA) is 60.4 Å². The standard InChI is InChI=1S/C21H11Cl2N3O2S/c22-14-6-4-12(5-7-14)17-9-8-16(28-17)11-18-20(27)26-21(29-18)24-19(25-26)13-2-1-3-15(23)10-13/h1-11H/b18-11-. The van der Waals surface area contributed by atoms with Crippen molar-refractivity contribution in [2.24, 2.45) is 0 Å². The number of benzene rings is 2. The molecule has 0 aliphatic rings. The van der Waals surface area contributed by atoms with Crippen molar-refractivity contribution in [1.29, 1.82) is 0 Å². The molecule has 0 aliphatic carbocycles. The van der Waals surface area contributed by atoms with Crippen molar-refractivity contribution in [3.8, 4) is 22.7 Å². The van der Waals surface area contributed by atoms with Crippen LogP contribution < -0.4 is 10.1 Å². The molecular weight excluding hydrogens is 429 g/mol. The van der Waals surface area contributed by atoms with Crippen LogP contribution in [0.15, 0.2) is 69.9 Å². The van der Waals surface area contributed by atoms with Crippen molar-refractivity contribution < 1.29 is 4.42 Å². The number of halogens is 2. The summed E-state index contributed by atoms with van der Waals surface area (Å²) >= 11 is 13.2. The maximum absolute atomic E-state index is 12.7. The lowest BCUT2D eigenvalue weighted by Crippen LogP contribution is -2.23. The summed E-state index contributed by atoms with van der Waals surface area (Å²) < 4.78 is 7.65. The normalized spacial score (nSPS) is 12.1. The Bertz CT molecular complexity index is 1450. The first-order valence-corrected chi connectivity index (χ1v) is 10.2. The maximum Gasteiger partial charge on any atom is 0.291 e. The van der Waals surface area contributed by atoms with E-state index in [0.717, 1.165) is 11.1 Å². The number of rotatable bonds is 3. The fourth-order valence-corrected chi connectivity index (χ4v) is 4.12. The molecule has 0 N–H and O–H groups in total. The monoisotopic (exact) mass is 439 g/mol. The highest BCUT2D eigenvalue weighted by molar-refractivity contribution is 7.15. The third kappa shape index (κ3) is 3.46. The number of hydrogen-bond donors (Lipinski definition) is 0. The van der Waals surface area contributed by atoms with Crippen molar-refractivity contribution >= 4 is 45.6 Å². The molecule has 0 aliphatic heterocycles. The predicted molar refractivity (Wildman–Crippen MR) is 116 cm³/mol. The van der Waals surface area contributed by atoms with E-state index >= 15 is 0 Å². The summed E-state index contributed by atoms with van der Waals surface area (Å²) in [6.45, 7) is 0. The smallest absolute Gasteiger partial charge is 0.291 e. The zero-order valence-electron chi connectivity index (χ0n) is 14.7. The van der Waals surface area contributed by atoms with Crippen LogP contribution in [0, 0.1) is 0 Å². The van der Waals surface area contributed by atoms with Gasteiger partial charge in [-0.05, 0) is 48.5 Å². The third-order valence-electron chi connectivity index (χ3n) is 4.29. The number of furan rings is 1. The van der Waals surface area contributed by atoms with Crippen molar-refractivity contribution in [3.05, 3.63) is 91.4 Å². The maximum atomic E-state index is 12.7. The number of aromatic nitrogens is 3. The minimum absolute atomic E-state index is 0.241. The molecule has 0 saturated heterocycles. The molecule has 0 bridgehead atoms. The molecule has 8 heteroatoms. The minimum atomic E-state index is -0.241. The molecule has 5 nitrogen and oxygen atoms in total. The summed E-state index contributed by atoms with van der Waals surface area (Å²) in [7, 11) is 0. The number of fused-ring (bicyclic) bond motifs is 1.